The van der Waals surface area contributed by atoms with E-state index in [4.69, 9.17) is 5.26 Å². The van der Waals surface area contributed by atoms with E-state index in [0.29, 0.717) is 13.0 Å². The van der Waals surface area contributed by atoms with E-state index in [1.807, 2.05) is 6.07 Å². The van der Waals surface area contributed by atoms with Crippen LogP contribution >= 0.6 is 0 Å². The molecule has 0 aromatic rings. The van der Waals surface area contributed by atoms with E-state index >= 15 is 0 Å². The molecule has 0 saturated carbocycles. The number of hydrogen-bond donors (Lipinski definition) is 1. The second kappa shape index (κ2) is 4.60. The second-order valence-electron chi connectivity index (χ2n) is 2.83. The molecule has 1 aliphatic heterocycles. The predicted octanol–water partition coefficient (Wildman–Crippen LogP) is 0.705. The third-order valence-corrected chi connectivity index (χ3v) is 1.91. The van der Waals surface area contributed by atoms with Crippen LogP contribution in [-0.2, 0) is 0 Å². The summed E-state index contributed by atoms with van der Waals surface area (Å²) in [6.07, 6.45) is 2.59. The Kier molecular flexibility index (Phi) is 3.39. The lowest BCUT2D eigenvalue weighted by Gasteiger charge is -2.15. The van der Waals surface area contributed by atoms with E-state index in [1.165, 1.54) is 0 Å². The van der Waals surface area contributed by atoms with Crippen LogP contribution in [0.3, 0.4) is 0 Å². The first-order valence-electron chi connectivity index (χ1n) is 4.24. The molecular formula is C8H13N3O. The molecule has 0 spiro atoms. The molecule has 4 nitrogen and oxygen atoms in total. The number of carbonyl (C=O) groups excluding carboxylic acids is 1. The number of urea groups is 1. The highest BCUT2D eigenvalue weighted by Crippen LogP contribution is 2.06. The maximum atomic E-state index is 11.2. The summed E-state index contributed by atoms with van der Waals surface area (Å²) in [5.74, 6) is 0. The number of carbonyl (C=O) groups is 1. The molecule has 0 unspecified atom stereocenters. The fourth-order valence-corrected chi connectivity index (χ4v) is 1.26. The topological polar surface area (TPSA) is 56.1 Å². The molecule has 0 aromatic carbocycles. The van der Waals surface area contributed by atoms with E-state index < -0.39 is 0 Å². The van der Waals surface area contributed by atoms with Crippen molar-refractivity contribution in [2.24, 2.45) is 0 Å². The van der Waals surface area contributed by atoms with Crippen molar-refractivity contribution in [2.45, 2.75) is 19.3 Å². The molecule has 0 aliphatic carbocycles. The zero-order valence-electron chi connectivity index (χ0n) is 7.05. The summed E-state index contributed by atoms with van der Waals surface area (Å²) in [7, 11) is 0. The Hall–Kier alpha value is -1.24. The van der Waals surface area contributed by atoms with Gasteiger partial charge >= 0.3 is 6.03 Å². The average molecular weight is 167 g/mol. The molecule has 2 amide bonds. The number of nitrogens with zero attached hydrogens (tertiary/aromatic N) is 2. The largest absolute Gasteiger partial charge is 0.337 e. The van der Waals surface area contributed by atoms with E-state index in [9.17, 15) is 4.79 Å². The first kappa shape index (κ1) is 8.85. The Morgan fingerprint density at radius 1 is 1.50 bits per heavy atom. The van der Waals surface area contributed by atoms with Gasteiger partial charge in [0.2, 0.25) is 0 Å². The van der Waals surface area contributed by atoms with E-state index in [-0.39, 0.29) is 6.03 Å². The summed E-state index contributed by atoms with van der Waals surface area (Å²) in [6, 6.07) is 1.96. The fourth-order valence-electron chi connectivity index (χ4n) is 1.26. The van der Waals surface area contributed by atoms with Crippen molar-refractivity contribution >= 4 is 6.03 Å². The minimum absolute atomic E-state index is 0.0252. The van der Waals surface area contributed by atoms with E-state index in [2.05, 4.69) is 5.32 Å². The third kappa shape index (κ3) is 2.42. The van der Waals surface area contributed by atoms with Gasteiger partial charge in [-0.25, -0.2) is 4.79 Å². The molecule has 0 radical (unpaired) electrons. The third-order valence-electron chi connectivity index (χ3n) is 1.91. The lowest BCUT2D eigenvalue weighted by atomic mass is 10.4. The molecule has 1 saturated heterocycles. The highest BCUT2D eigenvalue weighted by Gasteiger charge is 2.16. The maximum Gasteiger partial charge on any atom is 0.317 e. The first-order valence-corrected chi connectivity index (χ1v) is 4.24. The molecule has 1 heterocycles. The Bertz CT molecular complexity index is 191. The van der Waals surface area contributed by atoms with Crippen LogP contribution < -0.4 is 5.32 Å². The van der Waals surface area contributed by atoms with Crippen molar-refractivity contribution in [3.05, 3.63) is 0 Å². The standard InChI is InChI=1S/C8H13N3O/c9-4-3-5-10-8(12)11-6-1-2-7-11/h1-3,5-7H2,(H,10,12). The van der Waals surface area contributed by atoms with Gasteiger partial charge in [-0.3, -0.25) is 0 Å². The SMILES string of the molecule is N#CCCNC(=O)N1CCCC1. The van der Waals surface area contributed by atoms with Gasteiger partial charge in [-0.2, -0.15) is 5.26 Å². The van der Waals surface area contributed by atoms with Gasteiger partial charge in [-0.15, -0.1) is 0 Å². The zero-order valence-corrected chi connectivity index (χ0v) is 7.05. The summed E-state index contributed by atoms with van der Waals surface area (Å²) in [5, 5.41) is 10.9. The lowest BCUT2D eigenvalue weighted by molar-refractivity contribution is 0.209. The molecule has 4 heteroatoms. The van der Waals surface area contributed by atoms with Gasteiger partial charge in [0.1, 0.15) is 0 Å². The van der Waals surface area contributed by atoms with Crippen LogP contribution in [0, 0.1) is 11.3 Å². The Balaban J connectivity index is 2.15. The minimum atomic E-state index is -0.0252. The second-order valence-corrected chi connectivity index (χ2v) is 2.83. The van der Waals surface area contributed by atoms with Crippen LogP contribution in [-0.4, -0.2) is 30.6 Å². The van der Waals surface area contributed by atoms with Crippen LogP contribution in [0.4, 0.5) is 4.79 Å². The van der Waals surface area contributed by atoms with Crippen molar-refractivity contribution in [3.8, 4) is 6.07 Å². The number of rotatable bonds is 2. The molecule has 1 fully saturated rings. The van der Waals surface area contributed by atoms with E-state index in [1.54, 1.807) is 4.90 Å². The maximum absolute atomic E-state index is 11.2. The molecule has 1 rings (SSSR count). The molecule has 0 atom stereocenters. The van der Waals surface area contributed by atoms with Gasteiger partial charge in [0.25, 0.3) is 0 Å². The molecule has 12 heavy (non-hydrogen) atoms. The van der Waals surface area contributed by atoms with Gasteiger partial charge in [0, 0.05) is 19.6 Å². The Morgan fingerprint density at radius 3 is 2.75 bits per heavy atom. The Morgan fingerprint density at radius 2 is 2.17 bits per heavy atom. The number of likely N-dealkylation sites (tertiary alicyclic amines) is 1. The molecule has 1 aliphatic rings. The smallest absolute Gasteiger partial charge is 0.317 e. The van der Waals surface area contributed by atoms with E-state index in [0.717, 1.165) is 25.9 Å². The quantitative estimate of drug-likeness (QED) is 0.615. The summed E-state index contributed by atoms with van der Waals surface area (Å²) >= 11 is 0. The van der Waals surface area contributed by atoms with Crippen LogP contribution in [0.15, 0.2) is 0 Å². The summed E-state index contributed by atoms with van der Waals surface area (Å²) in [6.45, 7) is 2.18. The molecule has 0 bridgehead atoms. The van der Waals surface area contributed by atoms with Crippen LogP contribution in [0.2, 0.25) is 0 Å². The van der Waals surface area contributed by atoms with Gasteiger partial charge in [0.15, 0.2) is 0 Å². The number of hydrogen-bond acceptors (Lipinski definition) is 2. The van der Waals surface area contributed by atoms with Gasteiger partial charge in [-0.1, -0.05) is 0 Å². The monoisotopic (exact) mass is 167 g/mol. The fraction of sp³-hybridized carbons (Fsp3) is 0.750. The molecular weight excluding hydrogens is 154 g/mol. The summed E-state index contributed by atoms with van der Waals surface area (Å²) < 4.78 is 0. The zero-order chi connectivity index (χ0) is 8.81. The number of nitriles is 1. The van der Waals surface area contributed by atoms with Crippen molar-refractivity contribution in [1.29, 1.82) is 5.26 Å². The summed E-state index contributed by atoms with van der Waals surface area (Å²) in [4.78, 5) is 13.0. The first-order chi connectivity index (χ1) is 5.84. The van der Waals surface area contributed by atoms with Gasteiger partial charge in [-0.05, 0) is 12.8 Å². The van der Waals surface area contributed by atoms with Gasteiger partial charge in [0.05, 0.1) is 12.5 Å². The Labute approximate surface area is 72.2 Å². The predicted molar refractivity (Wildman–Crippen MR) is 44.4 cm³/mol. The van der Waals surface area contributed by atoms with Crippen molar-refractivity contribution in [2.75, 3.05) is 19.6 Å². The molecule has 66 valence electrons. The lowest BCUT2D eigenvalue weighted by Crippen LogP contribution is -2.38. The molecule has 0 aromatic heterocycles. The van der Waals surface area contributed by atoms with Crippen molar-refractivity contribution in [1.82, 2.24) is 10.2 Å². The van der Waals surface area contributed by atoms with Crippen molar-refractivity contribution in [3.63, 3.8) is 0 Å². The van der Waals surface area contributed by atoms with Crippen LogP contribution in [0.1, 0.15) is 19.3 Å². The normalized spacial score (nSPS) is 15.8. The number of amides is 2. The highest BCUT2D eigenvalue weighted by atomic mass is 16.2. The number of nitrogens with one attached hydrogen (secondary N) is 1. The minimum Gasteiger partial charge on any atom is -0.337 e. The summed E-state index contributed by atoms with van der Waals surface area (Å²) in [5.41, 5.74) is 0. The van der Waals surface area contributed by atoms with Crippen LogP contribution in [0.25, 0.3) is 0 Å². The average Bonchev–Trinajstić information content (AvgIpc) is 2.56. The van der Waals surface area contributed by atoms with Crippen molar-refractivity contribution < 1.29 is 4.79 Å². The van der Waals surface area contributed by atoms with Crippen LogP contribution in [0.5, 0.6) is 0 Å². The van der Waals surface area contributed by atoms with Gasteiger partial charge < -0.3 is 10.2 Å². The highest BCUT2D eigenvalue weighted by molar-refractivity contribution is 5.74. The molecule has 1 N–H and O–H groups in total.